The van der Waals surface area contributed by atoms with Crippen molar-refractivity contribution in [1.29, 1.82) is 0 Å². The molecule has 0 atom stereocenters. The minimum Gasteiger partial charge on any atom is -0.497 e. The zero-order valence-corrected chi connectivity index (χ0v) is 16.0. The van der Waals surface area contributed by atoms with E-state index in [0.29, 0.717) is 36.2 Å². The van der Waals surface area contributed by atoms with E-state index in [9.17, 15) is 4.79 Å². The van der Waals surface area contributed by atoms with Crippen molar-refractivity contribution in [2.24, 2.45) is 0 Å². The number of benzene rings is 1. The standard InChI is InChI=1S/C18H26N6O3/c1-5-19-16-8-12(2)22-17(24-16)20-6-7-21-18(25)23-13-9-14(26-3)11-15(10-13)27-4/h8-11H,5-7H2,1-4H3,(H2,21,23,25)(H2,19,20,22,24). The van der Waals surface area contributed by atoms with Gasteiger partial charge in [-0.05, 0) is 13.8 Å². The van der Waals surface area contributed by atoms with Crippen molar-refractivity contribution in [2.75, 3.05) is 49.8 Å². The number of nitrogens with one attached hydrogen (secondary N) is 4. The zero-order chi connectivity index (χ0) is 19.6. The molecule has 2 rings (SSSR count). The first-order chi connectivity index (χ1) is 13.0. The molecule has 0 fully saturated rings. The van der Waals surface area contributed by atoms with Gasteiger partial charge in [0.1, 0.15) is 17.3 Å². The maximum atomic E-state index is 12.0. The minimum atomic E-state index is -0.328. The number of carbonyl (C=O) groups is 1. The summed E-state index contributed by atoms with van der Waals surface area (Å²) in [5.41, 5.74) is 1.44. The van der Waals surface area contributed by atoms with E-state index in [1.807, 2.05) is 19.9 Å². The summed E-state index contributed by atoms with van der Waals surface area (Å²) < 4.78 is 10.4. The minimum absolute atomic E-state index is 0.328. The van der Waals surface area contributed by atoms with Crippen molar-refractivity contribution in [2.45, 2.75) is 13.8 Å². The van der Waals surface area contributed by atoms with Gasteiger partial charge in [0, 0.05) is 55.3 Å². The lowest BCUT2D eigenvalue weighted by atomic mass is 10.3. The van der Waals surface area contributed by atoms with Crippen molar-refractivity contribution in [3.63, 3.8) is 0 Å². The topological polar surface area (TPSA) is 109 Å². The Labute approximate surface area is 158 Å². The highest BCUT2D eigenvalue weighted by Crippen LogP contribution is 2.25. The molecule has 1 aromatic carbocycles. The number of methoxy groups -OCH3 is 2. The Morgan fingerprint density at radius 3 is 2.33 bits per heavy atom. The third-order valence-electron chi connectivity index (χ3n) is 3.52. The van der Waals surface area contributed by atoms with Crippen LogP contribution in [0.4, 0.5) is 22.2 Å². The van der Waals surface area contributed by atoms with Gasteiger partial charge in [-0.1, -0.05) is 0 Å². The van der Waals surface area contributed by atoms with Crippen LogP contribution in [0.2, 0.25) is 0 Å². The number of urea groups is 1. The quantitative estimate of drug-likeness (QED) is 0.499. The number of hydrogen-bond acceptors (Lipinski definition) is 7. The van der Waals surface area contributed by atoms with Crippen LogP contribution < -0.4 is 30.7 Å². The van der Waals surface area contributed by atoms with E-state index in [1.165, 1.54) is 0 Å². The van der Waals surface area contributed by atoms with Gasteiger partial charge >= 0.3 is 6.03 Å². The molecule has 0 spiro atoms. The van der Waals surface area contributed by atoms with Gasteiger partial charge in [0.25, 0.3) is 0 Å². The Morgan fingerprint density at radius 1 is 1.00 bits per heavy atom. The molecule has 1 heterocycles. The summed E-state index contributed by atoms with van der Waals surface area (Å²) in [6.45, 7) is 5.59. The fraction of sp³-hybridized carbons (Fsp3) is 0.389. The van der Waals surface area contributed by atoms with Crippen LogP contribution in [0.15, 0.2) is 24.3 Å². The predicted octanol–water partition coefficient (Wildman–Crippen LogP) is 2.47. The van der Waals surface area contributed by atoms with Crippen LogP contribution >= 0.6 is 0 Å². The van der Waals surface area contributed by atoms with Gasteiger partial charge in [0.15, 0.2) is 0 Å². The number of anilines is 3. The molecule has 146 valence electrons. The number of ether oxygens (including phenoxy) is 2. The molecular weight excluding hydrogens is 348 g/mol. The Bertz CT molecular complexity index is 747. The van der Waals surface area contributed by atoms with Gasteiger partial charge in [0.05, 0.1) is 14.2 Å². The van der Waals surface area contributed by atoms with Crippen molar-refractivity contribution in [3.05, 3.63) is 30.0 Å². The maximum Gasteiger partial charge on any atom is 0.319 e. The highest BCUT2D eigenvalue weighted by atomic mass is 16.5. The van der Waals surface area contributed by atoms with Gasteiger partial charge < -0.3 is 30.7 Å². The van der Waals surface area contributed by atoms with Crippen LogP contribution in [0.1, 0.15) is 12.6 Å². The molecule has 9 heteroatoms. The molecule has 9 nitrogen and oxygen atoms in total. The Balaban J connectivity index is 1.81. The highest BCUT2D eigenvalue weighted by Gasteiger charge is 2.06. The van der Waals surface area contributed by atoms with Gasteiger partial charge in [0.2, 0.25) is 5.95 Å². The zero-order valence-electron chi connectivity index (χ0n) is 16.0. The van der Waals surface area contributed by atoms with Crippen LogP contribution in [0.25, 0.3) is 0 Å². The molecule has 27 heavy (non-hydrogen) atoms. The van der Waals surface area contributed by atoms with Gasteiger partial charge in [-0.2, -0.15) is 4.98 Å². The molecule has 2 amide bonds. The molecule has 2 aromatic rings. The van der Waals surface area contributed by atoms with E-state index >= 15 is 0 Å². The fourth-order valence-corrected chi connectivity index (χ4v) is 2.32. The summed E-state index contributed by atoms with van der Waals surface area (Å²) in [6, 6.07) is 6.71. The predicted molar refractivity (Wildman–Crippen MR) is 106 cm³/mol. The number of aromatic nitrogens is 2. The molecule has 0 saturated heterocycles. The van der Waals surface area contributed by atoms with E-state index in [1.54, 1.807) is 32.4 Å². The van der Waals surface area contributed by atoms with Crippen LogP contribution in [0, 0.1) is 6.92 Å². The van der Waals surface area contributed by atoms with E-state index in [2.05, 4.69) is 31.2 Å². The second kappa shape index (κ2) is 10.0. The number of amides is 2. The molecule has 0 radical (unpaired) electrons. The Hall–Kier alpha value is -3.23. The van der Waals surface area contributed by atoms with Gasteiger partial charge in [-0.25, -0.2) is 9.78 Å². The van der Waals surface area contributed by atoms with Crippen molar-refractivity contribution >= 4 is 23.5 Å². The third kappa shape index (κ3) is 6.53. The summed E-state index contributed by atoms with van der Waals surface area (Å²) in [4.78, 5) is 20.7. The Morgan fingerprint density at radius 2 is 1.70 bits per heavy atom. The van der Waals surface area contributed by atoms with E-state index in [-0.39, 0.29) is 6.03 Å². The second-order valence-electron chi connectivity index (χ2n) is 5.66. The average molecular weight is 374 g/mol. The molecule has 1 aromatic heterocycles. The van der Waals surface area contributed by atoms with Crippen molar-refractivity contribution in [3.8, 4) is 11.5 Å². The fourth-order valence-electron chi connectivity index (χ4n) is 2.32. The summed E-state index contributed by atoms with van der Waals surface area (Å²) in [5.74, 6) is 2.48. The average Bonchev–Trinajstić information content (AvgIpc) is 2.64. The summed E-state index contributed by atoms with van der Waals surface area (Å²) in [7, 11) is 3.11. The van der Waals surface area contributed by atoms with Crippen molar-refractivity contribution < 1.29 is 14.3 Å². The lowest BCUT2D eigenvalue weighted by Gasteiger charge is -2.12. The van der Waals surface area contributed by atoms with Crippen molar-refractivity contribution in [1.82, 2.24) is 15.3 Å². The monoisotopic (exact) mass is 374 g/mol. The lowest BCUT2D eigenvalue weighted by molar-refractivity contribution is 0.252. The smallest absolute Gasteiger partial charge is 0.319 e. The summed E-state index contributed by atoms with van der Waals surface area (Å²) in [6.07, 6.45) is 0. The number of aryl methyl sites for hydroxylation is 1. The van der Waals surface area contributed by atoms with Crippen LogP contribution in [0.3, 0.4) is 0 Å². The normalized spacial score (nSPS) is 10.1. The highest BCUT2D eigenvalue weighted by molar-refractivity contribution is 5.89. The van der Waals surface area contributed by atoms with Crippen LogP contribution in [-0.4, -0.2) is 49.9 Å². The van der Waals surface area contributed by atoms with E-state index < -0.39 is 0 Å². The van der Waals surface area contributed by atoms with Gasteiger partial charge in [-0.15, -0.1) is 0 Å². The van der Waals surface area contributed by atoms with E-state index in [4.69, 9.17) is 9.47 Å². The first-order valence-electron chi connectivity index (χ1n) is 8.65. The number of hydrogen-bond donors (Lipinski definition) is 4. The number of rotatable bonds is 9. The van der Waals surface area contributed by atoms with Crippen LogP contribution in [0.5, 0.6) is 11.5 Å². The first-order valence-corrected chi connectivity index (χ1v) is 8.65. The summed E-state index contributed by atoms with van der Waals surface area (Å²) in [5, 5.41) is 11.8. The molecule has 0 aliphatic carbocycles. The molecule has 0 bridgehead atoms. The molecule has 0 aliphatic rings. The second-order valence-corrected chi connectivity index (χ2v) is 5.66. The summed E-state index contributed by atoms with van der Waals surface area (Å²) >= 11 is 0. The number of nitrogens with zero attached hydrogens (tertiary/aromatic N) is 2. The maximum absolute atomic E-state index is 12.0. The SMILES string of the molecule is CCNc1cc(C)nc(NCCNC(=O)Nc2cc(OC)cc(OC)c2)n1. The molecule has 0 saturated carbocycles. The largest absolute Gasteiger partial charge is 0.497 e. The molecule has 0 unspecified atom stereocenters. The number of carbonyl (C=O) groups excluding carboxylic acids is 1. The van der Waals surface area contributed by atoms with E-state index in [0.717, 1.165) is 18.1 Å². The van der Waals surface area contributed by atoms with Gasteiger partial charge in [-0.3, -0.25) is 0 Å². The molecule has 0 aliphatic heterocycles. The molecular formula is C18H26N6O3. The lowest BCUT2D eigenvalue weighted by Crippen LogP contribution is -2.32. The van der Waals surface area contributed by atoms with Crippen LogP contribution in [-0.2, 0) is 0 Å². The first kappa shape index (κ1) is 20.1. The third-order valence-corrected chi connectivity index (χ3v) is 3.52. The molecule has 4 N–H and O–H groups in total. The Kier molecular flexibility index (Phi) is 7.48.